The van der Waals surface area contributed by atoms with Crippen molar-refractivity contribution < 1.29 is 14.7 Å². The quantitative estimate of drug-likeness (QED) is 0.500. The number of carboxylic acids is 1. The molecule has 5 heteroatoms. The van der Waals surface area contributed by atoms with Crippen molar-refractivity contribution in [3.63, 3.8) is 0 Å². The Morgan fingerprint density at radius 1 is 1.67 bits per heavy atom. The van der Waals surface area contributed by atoms with Crippen molar-refractivity contribution in [3.05, 3.63) is 11.8 Å². The number of nitrogens with zero attached hydrogens (tertiary/aromatic N) is 2. The molecule has 1 aliphatic rings. The lowest BCUT2D eigenvalue weighted by atomic mass is 10.3. The lowest BCUT2D eigenvalue weighted by Crippen LogP contribution is -2.06. The third-order valence-corrected chi connectivity index (χ3v) is 0.796. The van der Waals surface area contributed by atoms with Gasteiger partial charge in [0.15, 0.2) is 0 Å². The summed E-state index contributed by atoms with van der Waals surface area (Å²) in [6.45, 7) is 0. The average Bonchev–Trinajstić information content (AvgIpc) is 2.13. The van der Waals surface area contributed by atoms with E-state index in [4.69, 9.17) is 5.11 Å². The number of carbonyl (C=O) groups excluding carboxylic acids is 1. The largest absolute Gasteiger partial charge is 0.477 e. The van der Waals surface area contributed by atoms with Crippen LogP contribution in [0.25, 0.3) is 0 Å². The molecule has 0 bridgehead atoms. The van der Waals surface area contributed by atoms with Gasteiger partial charge in [0.25, 0.3) is 0 Å². The fraction of sp³-hybridized carbons (Fsp3) is 0. The molecule has 9 heavy (non-hydrogen) atoms. The van der Waals surface area contributed by atoms with Gasteiger partial charge in [-0.3, -0.25) is 4.79 Å². The van der Waals surface area contributed by atoms with Crippen LogP contribution in [0.5, 0.6) is 0 Å². The molecule has 1 aliphatic heterocycles. The van der Waals surface area contributed by atoms with Crippen LogP contribution in [-0.4, -0.2) is 17.0 Å². The maximum atomic E-state index is 10.3. The Hall–Kier alpha value is -1.52. The summed E-state index contributed by atoms with van der Waals surface area (Å²) in [5.74, 6) is -2.08. The first-order chi connectivity index (χ1) is 4.22. The molecule has 0 radical (unpaired) electrons. The van der Waals surface area contributed by atoms with Gasteiger partial charge in [-0.2, -0.15) is 5.11 Å². The first-order valence-corrected chi connectivity index (χ1v) is 2.10. The van der Waals surface area contributed by atoms with E-state index in [1.165, 1.54) is 0 Å². The highest BCUT2D eigenvalue weighted by Crippen LogP contribution is 2.05. The first kappa shape index (κ1) is 5.61. The van der Waals surface area contributed by atoms with E-state index < -0.39 is 11.9 Å². The Kier molecular flexibility index (Phi) is 1.11. The first-order valence-electron chi connectivity index (χ1n) is 2.10. The zero-order valence-corrected chi connectivity index (χ0v) is 4.24. The summed E-state index contributed by atoms with van der Waals surface area (Å²) >= 11 is 0. The van der Waals surface area contributed by atoms with Crippen molar-refractivity contribution in [2.24, 2.45) is 10.2 Å². The number of carbonyl (C=O) groups is 2. The number of aliphatic carboxylic acids is 1. The van der Waals surface area contributed by atoms with Gasteiger partial charge in [0.05, 0.1) is 6.20 Å². The summed E-state index contributed by atoms with van der Waals surface area (Å²) in [6.07, 6.45) is 0.921. The van der Waals surface area contributed by atoms with Crippen LogP contribution in [0.2, 0.25) is 0 Å². The molecule has 0 aromatic heterocycles. The summed E-state index contributed by atoms with van der Waals surface area (Å²) in [6, 6.07) is 0. The van der Waals surface area contributed by atoms with Crippen molar-refractivity contribution in [2.45, 2.75) is 0 Å². The van der Waals surface area contributed by atoms with E-state index in [2.05, 4.69) is 10.2 Å². The van der Waals surface area contributed by atoms with E-state index in [0.29, 0.717) is 0 Å². The van der Waals surface area contributed by atoms with Gasteiger partial charge in [0.2, 0.25) is 0 Å². The third-order valence-electron chi connectivity index (χ3n) is 0.796. The van der Waals surface area contributed by atoms with Gasteiger partial charge in [0.1, 0.15) is 5.57 Å². The molecule has 46 valence electrons. The number of amides is 1. The summed E-state index contributed by atoms with van der Waals surface area (Å²) < 4.78 is 0. The maximum Gasteiger partial charge on any atom is 0.343 e. The molecule has 0 unspecified atom stereocenters. The van der Waals surface area contributed by atoms with Crippen molar-refractivity contribution >= 4 is 11.9 Å². The van der Waals surface area contributed by atoms with Crippen LogP contribution in [0, 0.1) is 0 Å². The zero-order valence-electron chi connectivity index (χ0n) is 4.24. The lowest BCUT2D eigenvalue weighted by Gasteiger charge is -1.83. The summed E-state index contributed by atoms with van der Waals surface area (Å²) in [4.78, 5) is 20.3. The standard InChI is InChI=1S/C4H2N2O3/c7-3-2(4(8)9)1-5-6-3/h1H,(H,8,9). The molecule has 0 aromatic rings. The monoisotopic (exact) mass is 126 g/mol. The second kappa shape index (κ2) is 1.77. The second-order valence-corrected chi connectivity index (χ2v) is 1.37. The number of hydrogen-bond acceptors (Lipinski definition) is 3. The lowest BCUT2D eigenvalue weighted by molar-refractivity contribution is -0.134. The molecule has 0 atom stereocenters. The van der Waals surface area contributed by atoms with Crippen LogP contribution in [0.3, 0.4) is 0 Å². The average molecular weight is 126 g/mol. The Bertz CT molecular complexity index is 228. The Balaban J connectivity index is 2.88. The fourth-order valence-electron chi connectivity index (χ4n) is 0.395. The minimum atomic E-state index is -1.29. The number of azo groups is 1. The summed E-state index contributed by atoms with van der Waals surface area (Å²) in [5.41, 5.74) is -0.380. The molecule has 1 rings (SSSR count). The van der Waals surface area contributed by atoms with Gasteiger partial charge in [-0.05, 0) is 0 Å². The van der Waals surface area contributed by atoms with Crippen LogP contribution in [-0.2, 0) is 9.59 Å². The van der Waals surface area contributed by atoms with E-state index in [0.717, 1.165) is 6.20 Å². The highest BCUT2D eigenvalue weighted by atomic mass is 16.4. The smallest absolute Gasteiger partial charge is 0.343 e. The van der Waals surface area contributed by atoms with Crippen molar-refractivity contribution in [1.29, 1.82) is 0 Å². The molecule has 0 saturated heterocycles. The zero-order chi connectivity index (χ0) is 6.85. The van der Waals surface area contributed by atoms with Crippen molar-refractivity contribution in [2.75, 3.05) is 0 Å². The maximum absolute atomic E-state index is 10.3. The molecule has 0 spiro atoms. The minimum absolute atomic E-state index is 0.380. The molecular formula is C4H2N2O3. The van der Waals surface area contributed by atoms with Gasteiger partial charge in [-0.1, -0.05) is 0 Å². The molecule has 0 aromatic carbocycles. The van der Waals surface area contributed by atoms with E-state index in [9.17, 15) is 9.59 Å². The summed E-state index contributed by atoms with van der Waals surface area (Å²) in [5, 5.41) is 14.2. The Labute approximate surface area is 49.7 Å². The molecule has 0 saturated carbocycles. The predicted molar refractivity (Wildman–Crippen MR) is 25.6 cm³/mol. The van der Waals surface area contributed by atoms with E-state index in [1.54, 1.807) is 0 Å². The van der Waals surface area contributed by atoms with Crippen molar-refractivity contribution in [3.8, 4) is 0 Å². The highest BCUT2D eigenvalue weighted by Gasteiger charge is 2.19. The molecule has 1 N–H and O–H groups in total. The number of hydrogen-bond donors (Lipinski definition) is 1. The third kappa shape index (κ3) is 0.835. The number of carboxylic acid groups (broad SMARTS) is 1. The van der Waals surface area contributed by atoms with E-state index in [-0.39, 0.29) is 5.57 Å². The topological polar surface area (TPSA) is 79.1 Å². The molecular weight excluding hydrogens is 124 g/mol. The Morgan fingerprint density at radius 3 is 2.56 bits per heavy atom. The van der Waals surface area contributed by atoms with Gasteiger partial charge in [0, 0.05) is 0 Å². The van der Waals surface area contributed by atoms with Gasteiger partial charge < -0.3 is 5.11 Å². The van der Waals surface area contributed by atoms with Gasteiger partial charge in [-0.25, -0.2) is 4.79 Å². The minimum Gasteiger partial charge on any atom is -0.477 e. The van der Waals surface area contributed by atoms with Crippen LogP contribution in [0.4, 0.5) is 0 Å². The molecule has 5 nitrogen and oxygen atoms in total. The van der Waals surface area contributed by atoms with Gasteiger partial charge in [-0.15, -0.1) is 5.11 Å². The highest BCUT2D eigenvalue weighted by molar-refractivity contribution is 6.16. The molecule has 1 amide bonds. The van der Waals surface area contributed by atoms with Crippen molar-refractivity contribution in [1.82, 2.24) is 0 Å². The predicted octanol–water partition coefficient (Wildman–Crippen LogP) is -0.0527. The van der Waals surface area contributed by atoms with Crippen LogP contribution in [0.15, 0.2) is 22.0 Å². The normalized spacial score (nSPS) is 16.0. The molecule has 0 fully saturated rings. The number of rotatable bonds is 1. The molecule has 0 aliphatic carbocycles. The SMILES string of the molecule is O=C(O)C1=CN=NC1=O. The van der Waals surface area contributed by atoms with Crippen LogP contribution < -0.4 is 0 Å². The van der Waals surface area contributed by atoms with Gasteiger partial charge >= 0.3 is 11.9 Å². The second-order valence-electron chi connectivity index (χ2n) is 1.37. The summed E-state index contributed by atoms with van der Waals surface area (Å²) in [7, 11) is 0. The van der Waals surface area contributed by atoms with Crippen LogP contribution in [0.1, 0.15) is 0 Å². The fourth-order valence-corrected chi connectivity index (χ4v) is 0.395. The Morgan fingerprint density at radius 2 is 2.33 bits per heavy atom. The van der Waals surface area contributed by atoms with E-state index in [1.807, 2.05) is 0 Å². The molecule has 1 heterocycles. The van der Waals surface area contributed by atoms with Crippen LogP contribution >= 0.6 is 0 Å². The van der Waals surface area contributed by atoms with E-state index >= 15 is 0 Å².